The van der Waals surface area contributed by atoms with Crippen LogP contribution >= 0.6 is 0 Å². The lowest BCUT2D eigenvalue weighted by Gasteiger charge is -2.14. The lowest BCUT2D eigenvalue weighted by atomic mass is 9.91. The Balaban J connectivity index is 1.15. The zero-order valence-corrected chi connectivity index (χ0v) is 23.3. The molecule has 0 spiro atoms. The van der Waals surface area contributed by atoms with Gasteiger partial charge in [0.1, 0.15) is 0 Å². The summed E-state index contributed by atoms with van der Waals surface area (Å²) in [6, 6.07) is 47.5. The van der Waals surface area contributed by atoms with E-state index in [1.54, 1.807) is 0 Å². The molecule has 2 nitrogen and oxygen atoms in total. The number of aryl methyl sites for hydroxylation is 4. The van der Waals surface area contributed by atoms with E-state index in [2.05, 4.69) is 125 Å². The number of benzene rings is 4. The molecule has 2 heteroatoms. The van der Waals surface area contributed by atoms with E-state index in [1.807, 2.05) is 30.6 Å². The quantitative estimate of drug-likeness (QED) is 0.177. The van der Waals surface area contributed by atoms with Crippen LogP contribution in [0.5, 0.6) is 0 Å². The van der Waals surface area contributed by atoms with E-state index in [9.17, 15) is 0 Å². The van der Waals surface area contributed by atoms with Gasteiger partial charge in [-0.15, -0.1) is 0 Å². The van der Waals surface area contributed by atoms with Gasteiger partial charge in [-0.1, -0.05) is 103 Å². The predicted molar refractivity (Wildman–Crippen MR) is 170 cm³/mol. The molecule has 0 saturated heterocycles. The third kappa shape index (κ3) is 6.85. The van der Waals surface area contributed by atoms with Gasteiger partial charge in [-0.25, -0.2) is 0 Å². The first-order valence-electron chi connectivity index (χ1n) is 14.5. The summed E-state index contributed by atoms with van der Waals surface area (Å²) in [5.41, 5.74) is 12.7. The third-order valence-electron chi connectivity index (χ3n) is 7.77. The molecule has 0 aliphatic carbocycles. The minimum atomic E-state index is 0.950. The van der Waals surface area contributed by atoms with Crippen LogP contribution in [0.2, 0.25) is 0 Å². The Bertz CT molecular complexity index is 1580. The van der Waals surface area contributed by atoms with E-state index >= 15 is 0 Å². The highest BCUT2D eigenvalue weighted by Gasteiger charge is 2.09. The van der Waals surface area contributed by atoms with Crippen LogP contribution in [0.15, 0.2) is 146 Å². The number of pyridine rings is 2. The highest BCUT2D eigenvalue weighted by atomic mass is 14.7. The molecule has 0 radical (unpaired) electrons. The molecule has 2 heterocycles. The van der Waals surface area contributed by atoms with Crippen LogP contribution in [0.4, 0.5) is 0 Å². The van der Waals surface area contributed by atoms with Crippen molar-refractivity contribution >= 4 is 0 Å². The van der Waals surface area contributed by atoms with Gasteiger partial charge in [-0.05, 0) is 95.8 Å². The van der Waals surface area contributed by atoms with E-state index in [-0.39, 0.29) is 0 Å². The van der Waals surface area contributed by atoms with Crippen LogP contribution in [-0.2, 0) is 32.1 Å². The Morgan fingerprint density at radius 3 is 1.63 bits per heavy atom. The van der Waals surface area contributed by atoms with Crippen molar-refractivity contribution in [3.63, 3.8) is 0 Å². The summed E-state index contributed by atoms with van der Waals surface area (Å²) in [5, 5.41) is 0. The molecule has 0 aliphatic rings. The molecular weight excluding hydrogens is 496 g/mol. The lowest BCUT2D eigenvalue weighted by molar-refractivity contribution is 0.916. The van der Waals surface area contributed by atoms with E-state index in [0.29, 0.717) is 0 Å². The van der Waals surface area contributed by atoms with Crippen molar-refractivity contribution in [1.29, 1.82) is 0 Å². The van der Waals surface area contributed by atoms with Crippen molar-refractivity contribution in [3.05, 3.63) is 179 Å². The highest BCUT2D eigenvalue weighted by Crippen LogP contribution is 2.23. The van der Waals surface area contributed by atoms with Crippen molar-refractivity contribution in [2.45, 2.75) is 32.1 Å². The summed E-state index contributed by atoms with van der Waals surface area (Å²) in [4.78, 5) is 9.13. The van der Waals surface area contributed by atoms with Gasteiger partial charge in [-0.2, -0.15) is 0 Å². The molecule has 4 aromatic carbocycles. The number of aromatic nitrogens is 2. The maximum Gasteiger partial charge on any atom is 0.0704 e. The third-order valence-corrected chi connectivity index (χ3v) is 7.77. The smallest absolute Gasteiger partial charge is 0.0704 e. The number of hydrogen-bond acceptors (Lipinski definition) is 2. The van der Waals surface area contributed by atoms with Gasteiger partial charge in [0, 0.05) is 23.5 Å². The summed E-state index contributed by atoms with van der Waals surface area (Å²) in [5.74, 6) is 0. The fourth-order valence-corrected chi connectivity index (χ4v) is 5.53. The maximum absolute atomic E-state index is 4.60. The van der Waals surface area contributed by atoms with Gasteiger partial charge in [-0.3, -0.25) is 9.97 Å². The molecule has 0 unspecified atom stereocenters. The minimum absolute atomic E-state index is 0.950. The molecule has 0 bridgehead atoms. The van der Waals surface area contributed by atoms with Gasteiger partial charge in [0.15, 0.2) is 0 Å². The van der Waals surface area contributed by atoms with Crippen molar-refractivity contribution in [3.8, 4) is 22.5 Å². The molecule has 0 saturated carbocycles. The van der Waals surface area contributed by atoms with Crippen LogP contribution in [-0.4, -0.2) is 9.97 Å². The molecule has 200 valence electrons. The Labute approximate surface area is 243 Å². The Hall–Kier alpha value is -4.82. The van der Waals surface area contributed by atoms with Crippen LogP contribution < -0.4 is 0 Å². The molecule has 0 N–H and O–H groups in total. The molecule has 41 heavy (non-hydrogen) atoms. The fraction of sp³-hybridized carbons (Fsp3) is 0.128. The zero-order valence-electron chi connectivity index (χ0n) is 23.3. The zero-order chi connectivity index (χ0) is 27.7. The van der Waals surface area contributed by atoms with E-state index in [1.165, 1.54) is 38.9 Å². The van der Waals surface area contributed by atoms with Crippen molar-refractivity contribution in [2.75, 3.05) is 0 Å². The average molecular weight is 531 g/mol. The first kappa shape index (κ1) is 26.4. The normalized spacial score (nSPS) is 10.9. The van der Waals surface area contributed by atoms with E-state index < -0.39 is 0 Å². The van der Waals surface area contributed by atoms with E-state index in [0.717, 1.165) is 49.1 Å². The molecule has 0 aliphatic heterocycles. The second kappa shape index (κ2) is 13.0. The van der Waals surface area contributed by atoms with Crippen LogP contribution in [0.1, 0.15) is 33.4 Å². The Morgan fingerprint density at radius 2 is 0.951 bits per heavy atom. The number of rotatable bonds is 10. The van der Waals surface area contributed by atoms with Gasteiger partial charge in [0.05, 0.1) is 11.4 Å². The summed E-state index contributed by atoms with van der Waals surface area (Å²) in [7, 11) is 0. The van der Waals surface area contributed by atoms with E-state index in [4.69, 9.17) is 0 Å². The fourth-order valence-electron chi connectivity index (χ4n) is 5.53. The van der Waals surface area contributed by atoms with Crippen LogP contribution in [0.25, 0.3) is 22.5 Å². The second-order valence-corrected chi connectivity index (χ2v) is 10.5. The maximum atomic E-state index is 4.60. The van der Waals surface area contributed by atoms with Crippen LogP contribution in [0.3, 0.4) is 0 Å². The summed E-state index contributed by atoms with van der Waals surface area (Å²) < 4.78 is 0. The Morgan fingerprint density at radius 1 is 0.366 bits per heavy atom. The lowest BCUT2D eigenvalue weighted by Crippen LogP contribution is -2.02. The number of hydrogen-bond donors (Lipinski definition) is 0. The summed E-state index contributed by atoms with van der Waals surface area (Å²) in [6.07, 6.45) is 8.77. The van der Waals surface area contributed by atoms with Gasteiger partial charge in [0.2, 0.25) is 0 Å². The molecule has 0 amide bonds. The second-order valence-electron chi connectivity index (χ2n) is 10.5. The molecule has 0 fully saturated rings. The molecule has 2 aromatic heterocycles. The molecule has 6 rings (SSSR count). The van der Waals surface area contributed by atoms with Crippen molar-refractivity contribution < 1.29 is 0 Å². The highest BCUT2D eigenvalue weighted by molar-refractivity contribution is 5.60. The predicted octanol–water partition coefficient (Wildman–Crippen LogP) is 8.97. The van der Waals surface area contributed by atoms with Crippen molar-refractivity contribution in [1.82, 2.24) is 9.97 Å². The number of nitrogens with zero attached hydrogens (tertiary/aromatic N) is 2. The summed E-state index contributed by atoms with van der Waals surface area (Å²) >= 11 is 0. The standard InChI is InChI=1S/C39H34N2/c1-2-14-34(15-3-1)39-28-31(24-26-41-39)21-23-33-13-5-7-17-36(33)29-35-16-6-4-12-32(35)22-20-30-11-10-18-37(27-30)38-19-8-9-25-40-38/h1-19,24-28H,20-23,29H2. The van der Waals surface area contributed by atoms with Crippen LogP contribution in [0, 0.1) is 0 Å². The first-order chi connectivity index (χ1) is 20.3. The average Bonchev–Trinajstić information content (AvgIpc) is 3.05. The first-order valence-corrected chi connectivity index (χ1v) is 14.5. The van der Waals surface area contributed by atoms with Gasteiger partial charge in [0.25, 0.3) is 0 Å². The molecule has 6 aromatic rings. The molecular formula is C39H34N2. The monoisotopic (exact) mass is 530 g/mol. The minimum Gasteiger partial charge on any atom is -0.256 e. The SMILES string of the molecule is c1ccc(-c2cc(CCc3ccccc3Cc3ccccc3CCc3cccc(-c4ccccn4)c3)ccn2)cc1. The summed E-state index contributed by atoms with van der Waals surface area (Å²) in [6.45, 7) is 0. The Kier molecular flexibility index (Phi) is 8.39. The topological polar surface area (TPSA) is 25.8 Å². The van der Waals surface area contributed by atoms with Crippen molar-refractivity contribution in [2.24, 2.45) is 0 Å². The van der Waals surface area contributed by atoms with Gasteiger partial charge < -0.3 is 0 Å². The van der Waals surface area contributed by atoms with Gasteiger partial charge >= 0.3 is 0 Å². The largest absolute Gasteiger partial charge is 0.256 e. The molecule has 0 atom stereocenters.